The highest BCUT2D eigenvalue weighted by atomic mass is 35.5. The summed E-state index contributed by atoms with van der Waals surface area (Å²) < 4.78 is 22.7. The lowest BCUT2D eigenvalue weighted by atomic mass is 9.83. The maximum atomic E-state index is 12.4. The number of ether oxygens (including phenoxy) is 4. The van der Waals surface area contributed by atoms with Crippen LogP contribution in [0.5, 0.6) is 23.0 Å². The monoisotopic (exact) mass is 552 g/mol. The Morgan fingerprint density at radius 2 is 1.70 bits per heavy atom. The van der Waals surface area contributed by atoms with Crippen LogP contribution in [-0.4, -0.2) is 12.6 Å². The Bertz CT molecular complexity index is 1630. The average Bonchev–Trinajstić information content (AvgIpc) is 2.96. The zero-order valence-electron chi connectivity index (χ0n) is 21.6. The Morgan fingerprint density at radius 1 is 0.975 bits per heavy atom. The molecule has 0 fully saturated rings. The molecule has 0 aliphatic carbocycles. The summed E-state index contributed by atoms with van der Waals surface area (Å²) in [6.07, 6.45) is 0. The number of allylic oxidation sites excluding steroid dienone is 1. The topological polar surface area (TPSA) is 104 Å². The van der Waals surface area contributed by atoms with Gasteiger partial charge in [-0.3, -0.25) is 0 Å². The summed E-state index contributed by atoms with van der Waals surface area (Å²) in [7, 11) is 0. The Morgan fingerprint density at radius 3 is 2.45 bits per heavy atom. The van der Waals surface area contributed by atoms with Crippen LogP contribution in [-0.2, 0) is 11.4 Å². The molecule has 1 heterocycles. The lowest BCUT2D eigenvalue weighted by Gasteiger charge is -2.26. The van der Waals surface area contributed by atoms with Crippen molar-refractivity contribution in [2.75, 3.05) is 6.61 Å². The van der Waals surface area contributed by atoms with Gasteiger partial charge in [0, 0.05) is 22.2 Å². The van der Waals surface area contributed by atoms with Crippen molar-refractivity contribution in [2.24, 2.45) is 5.73 Å². The molecule has 5 rings (SSSR count). The molecule has 1 aliphatic heterocycles. The summed E-state index contributed by atoms with van der Waals surface area (Å²) in [6.45, 7) is 1.97. The molecular weight excluding hydrogens is 528 g/mol. The molecule has 0 amide bonds. The van der Waals surface area contributed by atoms with Gasteiger partial charge in [-0.15, -0.1) is 0 Å². The van der Waals surface area contributed by atoms with E-state index in [0.29, 0.717) is 34.4 Å². The number of aryl methyl sites for hydroxylation is 1. The van der Waals surface area contributed by atoms with Crippen molar-refractivity contribution in [2.45, 2.75) is 19.4 Å². The smallest absolute Gasteiger partial charge is 0.349 e. The number of benzene rings is 4. The highest BCUT2D eigenvalue weighted by Gasteiger charge is 2.31. The predicted molar refractivity (Wildman–Crippen MR) is 150 cm³/mol. The molecular formula is C32H25ClN2O5. The Kier molecular flexibility index (Phi) is 7.90. The third-order valence-corrected chi connectivity index (χ3v) is 6.80. The molecule has 8 heteroatoms. The number of nitriles is 1. The fourth-order valence-electron chi connectivity index (χ4n) is 4.39. The lowest BCUT2D eigenvalue weighted by Crippen LogP contribution is -2.21. The summed E-state index contributed by atoms with van der Waals surface area (Å²) in [6, 6.07) is 29.5. The maximum absolute atomic E-state index is 12.4. The van der Waals surface area contributed by atoms with E-state index in [9.17, 15) is 10.1 Å². The van der Waals surface area contributed by atoms with Crippen molar-refractivity contribution in [3.63, 3.8) is 0 Å². The lowest BCUT2D eigenvalue weighted by molar-refractivity contribution is -0.136. The first-order valence-electron chi connectivity index (χ1n) is 12.5. The largest absolute Gasteiger partial charge is 0.489 e. The molecule has 1 unspecified atom stereocenters. The molecule has 0 saturated heterocycles. The van der Waals surface area contributed by atoms with Gasteiger partial charge in [-0.25, -0.2) is 4.79 Å². The van der Waals surface area contributed by atoms with Crippen molar-refractivity contribution in [3.8, 4) is 29.1 Å². The van der Waals surface area contributed by atoms with Gasteiger partial charge in [-0.1, -0.05) is 66.2 Å². The van der Waals surface area contributed by atoms with E-state index in [1.807, 2.05) is 73.7 Å². The van der Waals surface area contributed by atoms with Crippen LogP contribution in [0.4, 0.5) is 0 Å². The van der Waals surface area contributed by atoms with Gasteiger partial charge in [0.05, 0.1) is 5.92 Å². The second-order valence-electron chi connectivity index (χ2n) is 9.10. The van der Waals surface area contributed by atoms with Crippen LogP contribution >= 0.6 is 11.6 Å². The first kappa shape index (κ1) is 26.7. The Hall–Kier alpha value is -4.93. The van der Waals surface area contributed by atoms with E-state index in [-0.39, 0.29) is 23.8 Å². The number of carbonyl (C=O) groups is 1. The number of hydrogen-bond donors (Lipinski definition) is 1. The molecule has 200 valence electrons. The Balaban J connectivity index is 1.31. The number of halogens is 1. The van der Waals surface area contributed by atoms with Gasteiger partial charge < -0.3 is 24.7 Å². The molecule has 0 aromatic heterocycles. The second-order valence-corrected chi connectivity index (χ2v) is 9.51. The van der Waals surface area contributed by atoms with Crippen LogP contribution in [0, 0.1) is 18.3 Å². The van der Waals surface area contributed by atoms with Crippen molar-refractivity contribution >= 4 is 17.6 Å². The van der Waals surface area contributed by atoms with Gasteiger partial charge in [0.15, 0.2) is 6.61 Å². The number of para-hydroxylation sites is 1. The van der Waals surface area contributed by atoms with Crippen LogP contribution in [0.2, 0.25) is 5.02 Å². The molecule has 1 atom stereocenters. The highest BCUT2D eigenvalue weighted by molar-refractivity contribution is 6.31. The normalized spacial score (nSPS) is 14.0. The van der Waals surface area contributed by atoms with Gasteiger partial charge in [-0.2, -0.15) is 5.26 Å². The molecule has 0 bridgehead atoms. The van der Waals surface area contributed by atoms with Crippen LogP contribution in [0.1, 0.15) is 28.2 Å². The van der Waals surface area contributed by atoms with Gasteiger partial charge in [0.1, 0.15) is 41.2 Å². The fraction of sp³-hybridized carbons (Fsp3) is 0.125. The number of fused-ring (bicyclic) bond motifs is 1. The molecule has 2 N–H and O–H groups in total. The van der Waals surface area contributed by atoms with Crippen molar-refractivity contribution in [1.29, 1.82) is 5.26 Å². The summed E-state index contributed by atoms with van der Waals surface area (Å²) in [5.74, 6) is 0.882. The van der Waals surface area contributed by atoms with E-state index < -0.39 is 11.9 Å². The number of hydrogen-bond acceptors (Lipinski definition) is 7. The number of rotatable bonds is 8. The first-order valence-corrected chi connectivity index (χ1v) is 12.9. The number of esters is 1. The first-order chi connectivity index (χ1) is 19.4. The summed E-state index contributed by atoms with van der Waals surface area (Å²) in [5.41, 5.74) is 9.76. The molecule has 7 nitrogen and oxygen atoms in total. The molecule has 4 aromatic carbocycles. The summed E-state index contributed by atoms with van der Waals surface area (Å²) in [5, 5.41) is 10.5. The van der Waals surface area contributed by atoms with E-state index in [1.54, 1.807) is 24.3 Å². The fourth-order valence-corrected chi connectivity index (χ4v) is 4.58. The third kappa shape index (κ3) is 5.88. The van der Waals surface area contributed by atoms with Crippen LogP contribution in [0.15, 0.2) is 102 Å². The SMILES string of the molecule is Cc1ccccc1OCC(=O)Oc1ccc2c(c1)OC(N)=C(C#N)C2c1ccc(OCc2ccccc2Cl)cc1. The van der Waals surface area contributed by atoms with E-state index in [2.05, 4.69) is 6.07 Å². The predicted octanol–water partition coefficient (Wildman–Crippen LogP) is 6.43. The zero-order chi connectivity index (χ0) is 28.1. The second kappa shape index (κ2) is 11.9. The quantitative estimate of drug-likeness (QED) is 0.198. The van der Waals surface area contributed by atoms with Crippen molar-refractivity contribution in [3.05, 3.63) is 130 Å². The number of nitrogens with zero attached hydrogens (tertiary/aromatic N) is 1. The van der Waals surface area contributed by atoms with Crippen LogP contribution in [0.3, 0.4) is 0 Å². The number of carbonyl (C=O) groups excluding carboxylic acids is 1. The molecule has 0 saturated carbocycles. The third-order valence-electron chi connectivity index (χ3n) is 6.43. The van der Waals surface area contributed by atoms with Gasteiger partial charge in [-0.05, 0) is 48.4 Å². The molecule has 0 spiro atoms. The minimum atomic E-state index is -0.566. The Labute approximate surface area is 236 Å². The van der Waals surface area contributed by atoms with E-state index in [4.69, 9.17) is 36.3 Å². The van der Waals surface area contributed by atoms with E-state index >= 15 is 0 Å². The molecule has 1 aliphatic rings. The molecule has 40 heavy (non-hydrogen) atoms. The van der Waals surface area contributed by atoms with Gasteiger partial charge in [0.25, 0.3) is 0 Å². The van der Waals surface area contributed by atoms with Gasteiger partial charge in [0.2, 0.25) is 5.88 Å². The van der Waals surface area contributed by atoms with E-state index in [0.717, 1.165) is 16.7 Å². The highest BCUT2D eigenvalue weighted by Crippen LogP contribution is 2.43. The van der Waals surface area contributed by atoms with Crippen molar-refractivity contribution in [1.82, 2.24) is 0 Å². The minimum Gasteiger partial charge on any atom is -0.489 e. The van der Waals surface area contributed by atoms with Crippen LogP contribution < -0.4 is 24.7 Å². The minimum absolute atomic E-state index is 0.00888. The number of nitrogens with two attached hydrogens (primary N) is 1. The van der Waals surface area contributed by atoms with Crippen molar-refractivity contribution < 1.29 is 23.7 Å². The average molecular weight is 553 g/mol. The van der Waals surface area contributed by atoms with Gasteiger partial charge >= 0.3 is 5.97 Å². The maximum Gasteiger partial charge on any atom is 0.349 e. The zero-order valence-corrected chi connectivity index (χ0v) is 22.4. The van der Waals surface area contributed by atoms with E-state index in [1.165, 1.54) is 0 Å². The van der Waals surface area contributed by atoms with Crippen LogP contribution in [0.25, 0.3) is 0 Å². The molecule has 0 radical (unpaired) electrons. The standard InChI is InChI=1S/C32H25ClN2O5/c1-20-6-2-5-9-28(20)38-19-30(36)39-24-14-15-25-29(16-24)40-32(35)26(17-34)31(25)21-10-12-23(13-11-21)37-18-22-7-3-4-8-27(22)33/h2-16,31H,18-19,35H2,1H3. The molecule has 4 aromatic rings. The summed E-state index contributed by atoms with van der Waals surface area (Å²) in [4.78, 5) is 12.4. The summed E-state index contributed by atoms with van der Waals surface area (Å²) >= 11 is 6.22.